The number of sulfone groups is 1. The minimum atomic E-state index is -3.88. The lowest BCUT2D eigenvalue weighted by atomic mass is 10.1. The highest BCUT2D eigenvalue weighted by molar-refractivity contribution is 9.10. The summed E-state index contributed by atoms with van der Waals surface area (Å²) >= 11 is 3.37. The molecule has 34 heavy (non-hydrogen) atoms. The van der Waals surface area contributed by atoms with Crippen LogP contribution in [0.2, 0.25) is 0 Å². The van der Waals surface area contributed by atoms with E-state index in [1.54, 1.807) is 24.3 Å². The van der Waals surface area contributed by atoms with E-state index in [2.05, 4.69) is 37.9 Å². The van der Waals surface area contributed by atoms with Crippen LogP contribution in [0.15, 0.2) is 97.7 Å². The molecule has 0 saturated carbocycles. The third kappa shape index (κ3) is 4.35. The van der Waals surface area contributed by atoms with Crippen LogP contribution >= 0.6 is 15.9 Å². The Bertz CT molecular complexity index is 1390. The van der Waals surface area contributed by atoms with Crippen LogP contribution in [-0.2, 0) is 9.84 Å². The molecule has 0 bridgehead atoms. The van der Waals surface area contributed by atoms with Gasteiger partial charge in [0.1, 0.15) is 0 Å². The van der Waals surface area contributed by atoms with Gasteiger partial charge in [0.25, 0.3) is 0 Å². The van der Waals surface area contributed by atoms with Gasteiger partial charge in [-0.2, -0.15) is 4.98 Å². The molecule has 1 aromatic heterocycles. The molecule has 1 saturated heterocycles. The van der Waals surface area contributed by atoms with Gasteiger partial charge in [0.2, 0.25) is 26.6 Å². The summed E-state index contributed by atoms with van der Waals surface area (Å²) in [5, 5.41) is -0.0405. The summed E-state index contributed by atoms with van der Waals surface area (Å²) in [7, 11) is -3.88. The van der Waals surface area contributed by atoms with Crippen LogP contribution in [0.25, 0.3) is 11.5 Å². The van der Waals surface area contributed by atoms with E-state index >= 15 is 0 Å². The molecule has 1 aliphatic heterocycles. The highest BCUT2D eigenvalue weighted by Crippen LogP contribution is 2.36. The van der Waals surface area contributed by atoms with Gasteiger partial charge in [-0.05, 0) is 55.0 Å². The first-order chi connectivity index (χ1) is 16.4. The van der Waals surface area contributed by atoms with Crippen molar-refractivity contribution in [2.45, 2.75) is 16.8 Å². The minimum absolute atomic E-state index is 0.0405. The van der Waals surface area contributed by atoms with Crippen molar-refractivity contribution in [3.05, 3.63) is 88.9 Å². The molecule has 0 unspecified atom stereocenters. The monoisotopic (exact) mass is 537 g/mol. The molecule has 0 spiro atoms. The smallest absolute Gasteiger partial charge is 0.236 e. The molecule has 6 nitrogen and oxygen atoms in total. The maximum absolute atomic E-state index is 13.6. The Morgan fingerprint density at radius 2 is 1.44 bits per heavy atom. The number of piperazine rings is 1. The fourth-order valence-corrected chi connectivity index (χ4v) is 5.72. The van der Waals surface area contributed by atoms with Crippen molar-refractivity contribution in [1.29, 1.82) is 0 Å². The highest BCUT2D eigenvalue weighted by atomic mass is 79.9. The lowest BCUT2D eigenvalue weighted by Crippen LogP contribution is -2.46. The molecule has 1 fully saturated rings. The van der Waals surface area contributed by atoms with Crippen molar-refractivity contribution < 1.29 is 12.8 Å². The zero-order chi connectivity index (χ0) is 23.7. The molecule has 0 amide bonds. The second-order valence-electron chi connectivity index (χ2n) is 8.21. The van der Waals surface area contributed by atoms with Crippen LogP contribution in [0.1, 0.15) is 5.56 Å². The lowest BCUT2D eigenvalue weighted by molar-refractivity contribution is 0.525. The normalized spacial score (nSPS) is 14.4. The predicted molar refractivity (Wildman–Crippen MR) is 137 cm³/mol. The second-order valence-corrected chi connectivity index (χ2v) is 11.0. The van der Waals surface area contributed by atoms with Crippen molar-refractivity contribution in [3.8, 4) is 11.5 Å². The molecule has 3 aromatic carbocycles. The van der Waals surface area contributed by atoms with Crippen molar-refractivity contribution >= 4 is 37.3 Å². The van der Waals surface area contributed by atoms with Crippen LogP contribution in [0.3, 0.4) is 0 Å². The summed E-state index contributed by atoms with van der Waals surface area (Å²) in [5.41, 5.74) is 2.91. The molecule has 5 rings (SSSR count). The van der Waals surface area contributed by atoms with Crippen LogP contribution in [0.4, 0.5) is 11.6 Å². The van der Waals surface area contributed by atoms with E-state index < -0.39 is 9.84 Å². The van der Waals surface area contributed by atoms with Gasteiger partial charge >= 0.3 is 0 Å². The van der Waals surface area contributed by atoms with E-state index in [0.717, 1.165) is 34.4 Å². The van der Waals surface area contributed by atoms with Crippen molar-refractivity contribution in [1.82, 2.24) is 4.98 Å². The number of hydrogen-bond acceptors (Lipinski definition) is 6. The molecular formula is C26H24BrN3O3S. The van der Waals surface area contributed by atoms with E-state index in [0.29, 0.717) is 24.9 Å². The Balaban J connectivity index is 1.53. The molecule has 4 aromatic rings. The van der Waals surface area contributed by atoms with Crippen LogP contribution in [0, 0.1) is 6.92 Å². The van der Waals surface area contributed by atoms with Crippen LogP contribution in [-0.4, -0.2) is 39.6 Å². The van der Waals surface area contributed by atoms with Crippen LogP contribution < -0.4 is 9.80 Å². The van der Waals surface area contributed by atoms with E-state index in [4.69, 9.17) is 4.42 Å². The number of aromatic nitrogens is 1. The van der Waals surface area contributed by atoms with Gasteiger partial charge in [-0.1, -0.05) is 52.3 Å². The molecule has 0 aliphatic carbocycles. The standard InChI is InChI=1S/C26H24BrN3O3S/c1-19-7-5-6-10-23(19)24-28-25(34(31,32)22-13-11-20(27)12-14-22)26(33-24)30-17-15-29(16-18-30)21-8-3-2-4-9-21/h2-14H,15-18H2,1H3. The molecule has 1 aliphatic rings. The Morgan fingerprint density at radius 1 is 0.824 bits per heavy atom. The fourth-order valence-electron chi connectivity index (χ4n) is 4.13. The number of anilines is 2. The average molecular weight is 538 g/mol. The third-order valence-electron chi connectivity index (χ3n) is 6.02. The highest BCUT2D eigenvalue weighted by Gasteiger charge is 2.33. The molecule has 0 radical (unpaired) electrons. The third-order valence-corrected chi connectivity index (χ3v) is 8.22. The summed E-state index contributed by atoms with van der Waals surface area (Å²) in [6, 6.07) is 24.5. The Labute approximate surface area is 207 Å². The van der Waals surface area contributed by atoms with E-state index in [1.165, 1.54) is 0 Å². The van der Waals surface area contributed by atoms with Gasteiger partial charge in [0.15, 0.2) is 0 Å². The van der Waals surface area contributed by atoms with E-state index in [1.807, 2.05) is 54.3 Å². The zero-order valence-corrected chi connectivity index (χ0v) is 21.1. The van der Waals surface area contributed by atoms with Crippen LogP contribution in [0.5, 0.6) is 0 Å². The zero-order valence-electron chi connectivity index (χ0n) is 18.7. The van der Waals surface area contributed by atoms with Crippen molar-refractivity contribution in [2.24, 2.45) is 0 Å². The first-order valence-electron chi connectivity index (χ1n) is 11.1. The summed E-state index contributed by atoms with van der Waals surface area (Å²) in [6.45, 7) is 4.71. The lowest BCUT2D eigenvalue weighted by Gasteiger charge is -2.36. The molecule has 8 heteroatoms. The fraction of sp³-hybridized carbons (Fsp3) is 0.192. The summed E-state index contributed by atoms with van der Waals surface area (Å²) in [5.74, 6) is 0.614. The first kappa shape index (κ1) is 22.7. The SMILES string of the molecule is Cc1ccccc1-c1nc(S(=O)(=O)c2ccc(Br)cc2)c(N2CCN(c3ccccc3)CC2)o1. The van der Waals surface area contributed by atoms with Gasteiger partial charge < -0.3 is 14.2 Å². The molecule has 0 atom stereocenters. The van der Waals surface area contributed by atoms with E-state index in [9.17, 15) is 8.42 Å². The first-order valence-corrected chi connectivity index (χ1v) is 13.3. The average Bonchev–Trinajstić information content (AvgIpc) is 3.31. The quantitative estimate of drug-likeness (QED) is 0.331. The number of benzene rings is 3. The maximum Gasteiger partial charge on any atom is 0.236 e. The Kier molecular flexibility index (Phi) is 6.18. The molecule has 2 heterocycles. The van der Waals surface area contributed by atoms with Gasteiger partial charge in [-0.3, -0.25) is 0 Å². The summed E-state index contributed by atoms with van der Waals surface area (Å²) in [4.78, 5) is 9.00. The Morgan fingerprint density at radius 3 is 2.12 bits per heavy atom. The number of aryl methyl sites for hydroxylation is 1. The van der Waals surface area contributed by atoms with Crippen molar-refractivity contribution in [3.63, 3.8) is 0 Å². The second kappa shape index (κ2) is 9.27. The number of nitrogens with zero attached hydrogens (tertiary/aromatic N) is 3. The number of hydrogen-bond donors (Lipinski definition) is 0. The van der Waals surface area contributed by atoms with Gasteiger partial charge in [0.05, 0.1) is 4.90 Å². The topological polar surface area (TPSA) is 66.7 Å². The van der Waals surface area contributed by atoms with E-state index in [-0.39, 0.29) is 9.92 Å². The molecule has 0 N–H and O–H groups in total. The van der Waals surface area contributed by atoms with Gasteiger partial charge in [-0.15, -0.1) is 0 Å². The van der Waals surface area contributed by atoms with Gasteiger partial charge in [0, 0.05) is 41.9 Å². The molecule has 174 valence electrons. The number of para-hydroxylation sites is 1. The summed E-state index contributed by atoms with van der Waals surface area (Å²) < 4.78 is 34.3. The number of halogens is 1. The van der Waals surface area contributed by atoms with Gasteiger partial charge in [-0.25, -0.2) is 8.42 Å². The maximum atomic E-state index is 13.6. The number of rotatable bonds is 5. The Hall–Kier alpha value is -3.10. The molecular weight excluding hydrogens is 514 g/mol. The predicted octanol–water partition coefficient (Wildman–Crippen LogP) is 5.57. The largest absolute Gasteiger partial charge is 0.419 e. The van der Waals surface area contributed by atoms with Crippen molar-refractivity contribution in [2.75, 3.05) is 36.0 Å². The minimum Gasteiger partial charge on any atom is -0.419 e. The summed E-state index contributed by atoms with van der Waals surface area (Å²) in [6.07, 6.45) is 0. The number of oxazole rings is 1.